The molecule has 0 aliphatic heterocycles. The Morgan fingerprint density at radius 1 is 1.45 bits per heavy atom. The van der Waals surface area contributed by atoms with E-state index in [0.29, 0.717) is 21.8 Å². The summed E-state index contributed by atoms with van der Waals surface area (Å²) in [6.45, 7) is 0. The van der Waals surface area contributed by atoms with Gasteiger partial charge in [-0.25, -0.2) is 4.98 Å². The lowest BCUT2D eigenvalue weighted by Gasteiger charge is -2.23. The maximum absolute atomic E-state index is 12.3. The van der Waals surface area contributed by atoms with E-state index in [-0.39, 0.29) is 11.8 Å². The quantitative estimate of drug-likeness (QED) is 0.853. The van der Waals surface area contributed by atoms with E-state index in [2.05, 4.69) is 10.3 Å². The van der Waals surface area contributed by atoms with Crippen LogP contribution in [0.2, 0.25) is 0 Å². The molecule has 0 unspecified atom stereocenters. The Balaban J connectivity index is 1.77. The second-order valence-electron chi connectivity index (χ2n) is 4.64. The lowest BCUT2D eigenvalue weighted by molar-refractivity contribution is -0.122. The summed E-state index contributed by atoms with van der Waals surface area (Å²) < 4.78 is 25.5. The molecule has 0 spiro atoms. The van der Waals surface area contributed by atoms with Gasteiger partial charge in [0.05, 0.1) is 10.2 Å². The third kappa shape index (κ3) is 2.93. The molecule has 1 heterocycles. The lowest BCUT2D eigenvalue weighted by atomic mass is 9.85. The third-order valence-corrected chi connectivity index (χ3v) is 4.93. The van der Waals surface area contributed by atoms with Crippen LogP contribution in [0.5, 0.6) is 0 Å². The Labute approximate surface area is 122 Å². The van der Waals surface area contributed by atoms with E-state index in [1.807, 2.05) is 0 Å². The van der Waals surface area contributed by atoms with Crippen molar-refractivity contribution in [1.82, 2.24) is 4.98 Å². The summed E-state index contributed by atoms with van der Waals surface area (Å²) in [7, 11) is 0. The minimum atomic E-state index is -2.43. The molecule has 1 aromatic heterocycles. The van der Waals surface area contributed by atoms with Crippen LogP contribution in [0.3, 0.4) is 0 Å². The molecular formula is C13H12F2N2OS2. The van der Waals surface area contributed by atoms with Crippen molar-refractivity contribution < 1.29 is 13.6 Å². The van der Waals surface area contributed by atoms with Crippen LogP contribution < -0.4 is 5.32 Å². The van der Waals surface area contributed by atoms with Crippen LogP contribution in [0.1, 0.15) is 19.3 Å². The number of hydrogen-bond acceptors (Lipinski definition) is 4. The highest BCUT2D eigenvalue weighted by atomic mass is 32.2. The molecule has 0 saturated heterocycles. The van der Waals surface area contributed by atoms with Crippen molar-refractivity contribution >= 4 is 44.4 Å². The van der Waals surface area contributed by atoms with Crippen LogP contribution in [-0.4, -0.2) is 16.6 Å². The number of thiazole rings is 1. The summed E-state index contributed by atoms with van der Waals surface area (Å²) in [6, 6.07) is 5.01. The molecule has 1 aromatic carbocycles. The molecule has 106 valence electrons. The summed E-state index contributed by atoms with van der Waals surface area (Å²) in [4.78, 5) is 16.6. The molecule has 1 amide bonds. The molecule has 0 radical (unpaired) electrons. The first-order chi connectivity index (χ1) is 9.61. The molecule has 3 nitrogen and oxygen atoms in total. The van der Waals surface area contributed by atoms with Gasteiger partial charge in [-0.2, -0.15) is 8.78 Å². The van der Waals surface area contributed by atoms with Gasteiger partial charge in [-0.15, -0.1) is 0 Å². The average molecular weight is 314 g/mol. The van der Waals surface area contributed by atoms with Gasteiger partial charge in [0.1, 0.15) is 0 Å². The van der Waals surface area contributed by atoms with Gasteiger partial charge in [-0.3, -0.25) is 4.79 Å². The number of nitrogens with one attached hydrogen (secondary N) is 1. The maximum atomic E-state index is 12.3. The Morgan fingerprint density at radius 3 is 2.90 bits per heavy atom. The molecular weight excluding hydrogens is 302 g/mol. The van der Waals surface area contributed by atoms with E-state index in [9.17, 15) is 13.6 Å². The van der Waals surface area contributed by atoms with E-state index in [4.69, 9.17) is 0 Å². The van der Waals surface area contributed by atoms with Crippen molar-refractivity contribution in [1.29, 1.82) is 0 Å². The molecule has 0 bridgehead atoms. The number of carbonyl (C=O) groups excluding carboxylic acids is 1. The van der Waals surface area contributed by atoms with Crippen molar-refractivity contribution in [2.24, 2.45) is 5.92 Å². The standard InChI is InChI=1S/C13H12F2N2OS2/c14-12(15)19-8-4-5-9-10(6-8)20-13(16-9)17-11(18)7-2-1-3-7/h4-7,12H,1-3H2,(H,16,17,18). The number of amides is 1. The zero-order valence-corrected chi connectivity index (χ0v) is 12.1. The molecule has 1 fully saturated rings. The zero-order chi connectivity index (χ0) is 14.1. The Morgan fingerprint density at radius 2 is 2.25 bits per heavy atom. The van der Waals surface area contributed by atoms with Crippen molar-refractivity contribution in [3.05, 3.63) is 18.2 Å². The smallest absolute Gasteiger partial charge is 0.288 e. The number of alkyl halides is 2. The van der Waals surface area contributed by atoms with Gasteiger partial charge in [0.15, 0.2) is 5.13 Å². The minimum absolute atomic E-state index is 0.0116. The van der Waals surface area contributed by atoms with Crippen LogP contribution in [0.15, 0.2) is 23.1 Å². The topological polar surface area (TPSA) is 42.0 Å². The molecule has 1 N–H and O–H groups in total. The third-order valence-electron chi connectivity index (χ3n) is 3.29. The molecule has 20 heavy (non-hydrogen) atoms. The number of nitrogens with zero attached hydrogens (tertiary/aromatic N) is 1. The van der Waals surface area contributed by atoms with Gasteiger partial charge in [0.2, 0.25) is 5.91 Å². The zero-order valence-electron chi connectivity index (χ0n) is 10.4. The van der Waals surface area contributed by atoms with Crippen molar-refractivity contribution in [3.8, 4) is 0 Å². The van der Waals surface area contributed by atoms with E-state index in [1.165, 1.54) is 11.3 Å². The first-order valence-corrected chi connectivity index (χ1v) is 7.98. The van der Waals surface area contributed by atoms with Gasteiger partial charge >= 0.3 is 0 Å². The normalized spacial score (nSPS) is 15.6. The number of carbonyl (C=O) groups is 1. The fraction of sp³-hybridized carbons (Fsp3) is 0.385. The highest BCUT2D eigenvalue weighted by Crippen LogP contribution is 2.33. The molecule has 1 saturated carbocycles. The Kier molecular flexibility index (Phi) is 3.89. The summed E-state index contributed by atoms with van der Waals surface area (Å²) in [5.74, 6) is -2.32. The van der Waals surface area contributed by atoms with Gasteiger partial charge in [0, 0.05) is 10.8 Å². The van der Waals surface area contributed by atoms with Gasteiger partial charge in [-0.05, 0) is 31.0 Å². The minimum Gasteiger partial charge on any atom is -0.302 e. The second kappa shape index (κ2) is 5.65. The summed E-state index contributed by atoms with van der Waals surface area (Å²) in [6.07, 6.45) is 2.98. The number of halogens is 2. The van der Waals surface area contributed by atoms with Crippen molar-refractivity contribution in [3.63, 3.8) is 0 Å². The van der Waals surface area contributed by atoms with Crippen LogP contribution >= 0.6 is 23.1 Å². The first-order valence-electron chi connectivity index (χ1n) is 6.28. The highest BCUT2D eigenvalue weighted by molar-refractivity contribution is 7.99. The largest absolute Gasteiger partial charge is 0.302 e. The van der Waals surface area contributed by atoms with Crippen molar-refractivity contribution in [2.75, 3.05) is 5.32 Å². The molecule has 1 aliphatic carbocycles. The van der Waals surface area contributed by atoms with E-state index < -0.39 is 5.76 Å². The lowest BCUT2D eigenvalue weighted by Crippen LogP contribution is -2.27. The molecule has 3 rings (SSSR count). The highest BCUT2D eigenvalue weighted by Gasteiger charge is 2.25. The predicted octanol–water partition coefficient (Wildman–Crippen LogP) is 4.35. The number of thioether (sulfide) groups is 1. The predicted molar refractivity (Wildman–Crippen MR) is 77.5 cm³/mol. The van der Waals surface area contributed by atoms with E-state index >= 15 is 0 Å². The number of anilines is 1. The van der Waals surface area contributed by atoms with Crippen molar-refractivity contribution in [2.45, 2.75) is 29.9 Å². The number of fused-ring (bicyclic) bond motifs is 1. The van der Waals surface area contributed by atoms with Crippen LogP contribution in [0.4, 0.5) is 13.9 Å². The monoisotopic (exact) mass is 314 g/mol. The fourth-order valence-electron chi connectivity index (χ4n) is 2.01. The first kappa shape index (κ1) is 13.8. The molecule has 2 aromatic rings. The Hall–Kier alpha value is -1.21. The van der Waals surface area contributed by atoms with E-state index in [1.54, 1.807) is 18.2 Å². The molecule has 7 heteroatoms. The fourth-order valence-corrected chi connectivity index (χ4v) is 3.53. The van der Waals surface area contributed by atoms with E-state index in [0.717, 1.165) is 29.5 Å². The number of rotatable bonds is 4. The summed E-state index contributed by atoms with van der Waals surface area (Å²) in [5, 5.41) is 3.35. The molecule has 1 aliphatic rings. The Bertz CT molecular complexity index is 640. The summed E-state index contributed by atoms with van der Waals surface area (Å²) >= 11 is 1.83. The second-order valence-corrected chi connectivity index (χ2v) is 6.74. The van der Waals surface area contributed by atoms with Gasteiger partial charge < -0.3 is 5.32 Å². The summed E-state index contributed by atoms with van der Waals surface area (Å²) in [5.41, 5.74) is 0.720. The maximum Gasteiger partial charge on any atom is 0.288 e. The van der Waals surface area contributed by atoms with Crippen LogP contribution in [-0.2, 0) is 4.79 Å². The van der Waals surface area contributed by atoms with Gasteiger partial charge in [0.25, 0.3) is 5.76 Å². The molecule has 0 atom stereocenters. The number of aromatic nitrogens is 1. The van der Waals surface area contributed by atoms with Crippen LogP contribution in [0, 0.1) is 5.92 Å². The van der Waals surface area contributed by atoms with Gasteiger partial charge in [-0.1, -0.05) is 29.5 Å². The number of benzene rings is 1. The average Bonchev–Trinajstić information content (AvgIpc) is 2.66. The SMILES string of the molecule is O=C(Nc1nc2ccc(SC(F)F)cc2s1)C1CCC1. The number of hydrogen-bond donors (Lipinski definition) is 1. The van der Waals surface area contributed by atoms with Crippen LogP contribution in [0.25, 0.3) is 10.2 Å².